The van der Waals surface area contributed by atoms with E-state index in [1.807, 2.05) is 13.8 Å². The van der Waals surface area contributed by atoms with Crippen LogP contribution in [0.15, 0.2) is 52.5 Å². The molecule has 0 saturated carbocycles. The maximum absolute atomic E-state index is 5.98. The number of rotatable bonds is 8. The molecule has 0 saturated heterocycles. The van der Waals surface area contributed by atoms with Crippen molar-refractivity contribution in [1.29, 1.82) is 0 Å². The summed E-state index contributed by atoms with van der Waals surface area (Å²) in [6.45, 7) is 14.6. The van der Waals surface area contributed by atoms with Gasteiger partial charge in [-0.1, -0.05) is 32.6 Å². The molecule has 0 spiro atoms. The Balaban J connectivity index is 3.16. The monoisotopic (exact) mass is 302 g/mol. The van der Waals surface area contributed by atoms with Gasteiger partial charge in [0.15, 0.2) is 0 Å². The molecule has 22 heavy (non-hydrogen) atoms. The van der Waals surface area contributed by atoms with Crippen LogP contribution in [0.5, 0.6) is 0 Å². The molecule has 6 N–H and O–H groups in total. The normalized spacial score (nSPS) is 18.9. The second-order valence-corrected chi connectivity index (χ2v) is 6.14. The Labute approximate surface area is 134 Å². The van der Waals surface area contributed by atoms with Crippen molar-refractivity contribution in [1.82, 2.24) is 0 Å². The first-order chi connectivity index (χ1) is 10.3. The number of nitrogens with two attached hydrogens (primary N) is 3. The van der Waals surface area contributed by atoms with E-state index in [1.165, 1.54) is 0 Å². The molecule has 0 aromatic rings. The summed E-state index contributed by atoms with van der Waals surface area (Å²) >= 11 is 0. The van der Waals surface area contributed by atoms with Crippen LogP contribution in [0.1, 0.15) is 40.0 Å². The number of nitrogens with zero attached hydrogens (tertiary/aromatic N) is 1. The summed E-state index contributed by atoms with van der Waals surface area (Å²) in [7, 11) is 0. The molecule has 2 unspecified atom stereocenters. The molecule has 1 rings (SSSR count). The quantitative estimate of drug-likeness (QED) is 0.602. The van der Waals surface area contributed by atoms with Crippen molar-refractivity contribution in [3.05, 3.63) is 47.5 Å². The molecule has 2 atom stereocenters. The van der Waals surface area contributed by atoms with Gasteiger partial charge >= 0.3 is 0 Å². The minimum Gasteiger partial charge on any atom is -0.399 e. The topological polar surface area (TPSA) is 90.4 Å². The van der Waals surface area contributed by atoms with Gasteiger partial charge in [0.25, 0.3) is 0 Å². The maximum Gasteiger partial charge on any atom is 0.0571 e. The van der Waals surface area contributed by atoms with E-state index < -0.39 is 0 Å². The minimum absolute atomic E-state index is 0.195. The van der Waals surface area contributed by atoms with E-state index in [0.29, 0.717) is 17.3 Å². The molecular weight excluding hydrogens is 272 g/mol. The van der Waals surface area contributed by atoms with Crippen molar-refractivity contribution in [3.63, 3.8) is 0 Å². The molecule has 0 radical (unpaired) electrons. The van der Waals surface area contributed by atoms with Crippen molar-refractivity contribution in [2.24, 2.45) is 34.0 Å². The van der Waals surface area contributed by atoms with Crippen LogP contribution in [-0.2, 0) is 0 Å². The van der Waals surface area contributed by atoms with Crippen molar-refractivity contribution in [3.8, 4) is 0 Å². The Morgan fingerprint density at radius 3 is 2.32 bits per heavy atom. The molecule has 0 heterocycles. The molecule has 0 amide bonds. The second kappa shape index (κ2) is 7.99. The molecule has 122 valence electrons. The van der Waals surface area contributed by atoms with Gasteiger partial charge in [-0.05, 0) is 39.2 Å². The zero-order valence-corrected chi connectivity index (χ0v) is 14.2. The average molecular weight is 302 g/mol. The van der Waals surface area contributed by atoms with Crippen molar-refractivity contribution in [2.75, 3.05) is 6.54 Å². The Morgan fingerprint density at radius 1 is 1.27 bits per heavy atom. The van der Waals surface area contributed by atoms with Crippen LogP contribution in [0.2, 0.25) is 0 Å². The first-order valence-electron chi connectivity index (χ1n) is 7.89. The van der Waals surface area contributed by atoms with Gasteiger partial charge in [-0.3, -0.25) is 4.99 Å². The zero-order chi connectivity index (χ0) is 16.9. The molecule has 1 aliphatic rings. The molecule has 0 aromatic heterocycles. The summed E-state index contributed by atoms with van der Waals surface area (Å²) in [5, 5.41) is 0. The second-order valence-electron chi connectivity index (χ2n) is 6.14. The highest BCUT2D eigenvalue weighted by Gasteiger charge is 2.28. The summed E-state index contributed by atoms with van der Waals surface area (Å²) in [5.74, 6) is 0.733. The smallest absolute Gasteiger partial charge is 0.0571 e. The van der Waals surface area contributed by atoms with Gasteiger partial charge in [-0.2, -0.15) is 0 Å². The van der Waals surface area contributed by atoms with Crippen LogP contribution < -0.4 is 17.2 Å². The lowest BCUT2D eigenvalue weighted by molar-refractivity contribution is 0.442. The van der Waals surface area contributed by atoms with Crippen molar-refractivity contribution < 1.29 is 0 Å². The van der Waals surface area contributed by atoms with Crippen molar-refractivity contribution >= 4 is 5.71 Å². The number of hydrogen-bond donors (Lipinski definition) is 3. The van der Waals surface area contributed by atoms with E-state index in [1.54, 1.807) is 0 Å². The van der Waals surface area contributed by atoms with Gasteiger partial charge in [-0.25, -0.2) is 0 Å². The Hall–Kier alpha value is -1.81. The van der Waals surface area contributed by atoms with Crippen LogP contribution >= 0.6 is 0 Å². The highest BCUT2D eigenvalue weighted by molar-refractivity contribution is 5.81. The van der Waals surface area contributed by atoms with E-state index in [0.717, 1.165) is 48.4 Å². The third-order valence-electron chi connectivity index (χ3n) is 4.05. The van der Waals surface area contributed by atoms with Gasteiger partial charge < -0.3 is 17.2 Å². The molecule has 4 heteroatoms. The standard InChI is InChI=1S/C18H30N4/c1-6-14(10-19)7-8-15-9-16(12(4)20)17(13(5)21)18(15)22-11(2)3/h9,14-15H,4-8,10,19-21H2,1-3H3. The molecule has 1 aliphatic carbocycles. The van der Waals surface area contributed by atoms with Crippen LogP contribution in [0.4, 0.5) is 0 Å². The largest absolute Gasteiger partial charge is 0.399 e. The molecular formula is C18H30N4. The first-order valence-corrected chi connectivity index (χ1v) is 7.89. The number of hydrogen-bond acceptors (Lipinski definition) is 4. The SMILES string of the molecule is C=C(N)C1=CC(CCC(CC)CN)C(N=C(C)C)=C1C(=C)N. The Morgan fingerprint density at radius 2 is 1.91 bits per heavy atom. The Bertz CT molecular complexity index is 529. The summed E-state index contributed by atoms with van der Waals surface area (Å²) in [6.07, 6.45) is 5.26. The van der Waals surface area contributed by atoms with Crippen molar-refractivity contribution in [2.45, 2.75) is 40.0 Å². The number of aliphatic imine (C=N–C) groups is 1. The van der Waals surface area contributed by atoms with Crippen LogP contribution in [0.25, 0.3) is 0 Å². The van der Waals surface area contributed by atoms with E-state index in [4.69, 9.17) is 22.2 Å². The predicted octanol–water partition coefficient (Wildman–Crippen LogP) is 2.99. The van der Waals surface area contributed by atoms with Gasteiger partial charge in [-0.15, -0.1) is 0 Å². The van der Waals surface area contributed by atoms with E-state index in [-0.39, 0.29) is 5.92 Å². The fourth-order valence-corrected chi connectivity index (χ4v) is 2.80. The van der Waals surface area contributed by atoms with Crippen LogP contribution in [0, 0.1) is 11.8 Å². The lowest BCUT2D eigenvalue weighted by atomic mass is 9.93. The summed E-state index contributed by atoms with van der Waals surface area (Å²) in [4.78, 5) is 4.70. The lowest BCUT2D eigenvalue weighted by Gasteiger charge is -2.16. The fourth-order valence-electron chi connectivity index (χ4n) is 2.80. The number of allylic oxidation sites excluding steroid dienone is 3. The fraction of sp³-hybridized carbons (Fsp3) is 0.500. The van der Waals surface area contributed by atoms with Gasteiger partial charge in [0, 0.05) is 34.2 Å². The molecule has 0 aromatic carbocycles. The van der Waals surface area contributed by atoms with Gasteiger partial charge in [0.2, 0.25) is 0 Å². The van der Waals surface area contributed by atoms with E-state index in [9.17, 15) is 0 Å². The maximum atomic E-state index is 5.98. The Kier molecular flexibility index (Phi) is 6.62. The minimum atomic E-state index is 0.195. The molecule has 4 nitrogen and oxygen atoms in total. The molecule has 0 fully saturated rings. The average Bonchev–Trinajstić information content (AvgIpc) is 2.78. The third-order valence-corrected chi connectivity index (χ3v) is 4.05. The van der Waals surface area contributed by atoms with E-state index >= 15 is 0 Å². The lowest BCUT2D eigenvalue weighted by Crippen LogP contribution is -2.15. The summed E-state index contributed by atoms with van der Waals surface area (Å²) in [6, 6.07) is 0. The van der Waals surface area contributed by atoms with Gasteiger partial charge in [0.1, 0.15) is 0 Å². The van der Waals surface area contributed by atoms with Crippen LogP contribution in [0.3, 0.4) is 0 Å². The van der Waals surface area contributed by atoms with Crippen LogP contribution in [-0.4, -0.2) is 12.3 Å². The summed E-state index contributed by atoms with van der Waals surface area (Å²) in [5.41, 5.74) is 22.4. The predicted molar refractivity (Wildman–Crippen MR) is 96.1 cm³/mol. The molecule has 0 aliphatic heterocycles. The molecule has 0 bridgehead atoms. The van der Waals surface area contributed by atoms with Gasteiger partial charge in [0.05, 0.1) is 5.70 Å². The summed E-state index contributed by atoms with van der Waals surface area (Å²) < 4.78 is 0. The zero-order valence-electron chi connectivity index (χ0n) is 14.2. The third kappa shape index (κ3) is 4.34. The van der Waals surface area contributed by atoms with E-state index in [2.05, 4.69) is 26.2 Å². The first kappa shape index (κ1) is 18.2. The highest BCUT2D eigenvalue weighted by atomic mass is 14.8. The highest BCUT2D eigenvalue weighted by Crippen LogP contribution is 2.39.